The number of benzene rings is 2. The second kappa shape index (κ2) is 7.70. The first-order valence-electron chi connectivity index (χ1n) is 8.96. The molecule has 1 amide bonds. The zero-order chi connectivity index (χ0) is 20.5. The highest BCUT2D eigenvalue weighted by Crippen LogP contribution is 2.33. The van der Waals surface area contributed by atoms with Crippen molar-refractivity contribution in [2.24, 2.45) is 7.05 Å². The predicted octanol–water partition coefficient (Wildman–Crippen LogP) is 5.50. The van der Waals surface area contributed by atoms with Gasteiger partial charge in [-0.3, -0.25) is 9.48 Å². The van der Waals surface area contributed by atoms with E-state index in [0.717, 1.165) is 21.5 Å². The van der Waals surface area contributed by atoms with Crippen LogP contribution >= 0.6 is 22.9 Å². The van der Waals surface area contributed by atoms with Gasteiger partial charge in [0.2, 0.25) is 0 Å². The van der Waals surface area contributed by atoms with E-state index in [2.05, 4.69) is 16.5 Å². The number of hydrogen-bond donors (Lipinski definition) is 1. The summed E-state index contributed by atoms with van der Waals surface area (Å²) in [4.78, 5) is 14.3. The lowest BCUT2D eigenvalue weighted by molar-refractivity contribution is 0.103. The molecule has 29 heavy (non-hydrogen) atoms. The molecular formula is C22H17ClN4OS. The smallest absolute Gasteiger partial charge is 0.265 e. The molecule has 0 saturated carbocycles. The Morgan fingerprint density at radius 2 is 2.00 bits per heavy atom. The Labute approximate surface area is 177 Å². The minimum atomic E-state index is -0.466. The molecule has 0 aliphatic heterocycles. The normalized spacial score (nSPS) is 11.9. The largest absolute Gasteiger partial charge is 0.321 e. The Morgan fingerprint density at radius 3 is 2.66 bits per heavy atom. The lowest BCUT2D eigenvalue weighted by atomic mass is 9.92. The molecule has 1 N–H and O–H groups in total. The van der Waals surface area contributed by atoms with E-state index in [1.807, 2.05) is 50.4 Å². The Morgan fingerprint density at radius 1 is 1.24 bits per heavy atom. The molecule has 1 atom stereocenters. The molecule has 2 aromatic heterocycles. The minimum absolute atomic E-state index is 0.200. The van der Waals surface area contributed by atoms with Crippen molar-refractivity contribution in [1.82, 2.24) is 9.78 Å². The van der Waals surface area contributed by atoms with Gasteiger partial charge in [0.05, 0.1) is 22.6 Å². The van der Waals surface area contributed by atoms with Crippen molar-refractivity contribution in [3.63, 3.8) is 0 Å². The third kappa shape index (κ3) is 3.63. The number of aryl methyl sites for hydroxylation is 2. The molecule has 0 saturated heterocycles. The van der Waals surface area contributed by atoms with E-state index in [4.69, 9.17) is 11.6 Å². The van der Waals surface area contributed by atoms with Gasteiger partial charge < -0.3 is 5.32 Å². The van der Waals surface area contributed by atoms with Gasteiger partial charge in [0.25, 0.3) is 5.91 Å². The fourth-order valence-electron chi connectivity index (χ4n) is 3.32. The van der Waals surface area contributed by atoms with Gasteiger partial charge in [-0.05, 0) is 36.2 Å². The maximum atomic E-state index is 12.7. The Kier molecular flexibility index (Phi) is 5.10. The van der Waals surface area contributed by atoms with E-state index in [-0.39, 0.29) is 5.91 Å². The average Bonchev–Trinajstić information content (AvgIpc) is 3.26. The van der Waals surface area contributed by atoms with Crippen molar-refractivity contribution in [2.75, 3.05) is 5.32 Å². The van der Waals surface area contributed by atoms with Crippen LogP contribution in [0.3, 0.4) is 0 Å². The van der Waals surface area contributed by atoms with Gasteiger partial charge in [-0.15, -0.1) is 11.3 Å². The topological polar surface area (TPSA) is 70.7 Å². The molecule has 4 aromatic rings. The molecule has 1 unspecified atom stereocenters. The fraction of sp³-hybridized carbons (Fsp3) is 0.136. The highest BCUT2D eigenvalue weighted by molar-refractivity contribution is 7.20. The molecule has 5 nitrogen and oxygen atoms in total. The molecule has 0 aliphatic rings. The summed E-state index contributed by atoms with van der Waals surface area (Å²) in [5.41, 5.74) is 3.07. The summed E-state index contributed by atoms with van der Waals surface area (Å²) in [7, 11) is 1.87. The number of nitrogens with one attached hydrogen (secondary N) is 1. The van der Waals surface area contributed by atoms with Crippen molar-refractivity contribution >= 4 is 44.7 Å². The standard InChI is InChI=1S/C22H17ClN4OS/c1-13-17-11-20(29-22(17)27(2)26-13)21(28)25-15-8-9-16(19(23)10-15)18(12-24)14-6-4-3-5-7-14/h3-11,18H,1-2H3,(H,25,28). The van der Waals surface area contributed by atoms with Crippen molar-refractivity contribution in [3.05, 3.63) is 81.3 Å². The molecule has 0 radical (unpaired) electrons. The van der Waals surface area contributed by atoms with Crippen LogP contribution in [0.1, 0.15) is 32.4 Å². The maximum absolute atomic E-state index is 12.7. The third-order valence-corrected chi connectivity index (χ3v) is 6.28. The lowest BCUT2D eigenvalue weighted by Gasteiger charge is -2.13. The third-order valence-electron chi connectivity index (χ3n) is 4.75. The van der Waals surface area contributed by atoms with Crippen LogP contribution in [-0.2, 0) is 7.05 Å². The SMILES string of the molecule is Cc1nn(C)c2sc(C(=O)Nc3ccc(C(C#N)c4ccccc4)c(Cl)c3)cc12. The zero-order valence-corrected chi connectivity index (χ0v) is 17.4. The average molecular weight is 421 g/mol. The molecular weight excluding hydrogens is 404 g/mol. The molecule has 0 aliphatic carbocycles. The number of rotatable bonds is 4. The van der Waals surface area contributed by atoms with E-state index in [9.17, 15) is 10.1 Å². The zero-order valence-electron chi connectivity index (χ0n) is 15.8. The summed E-state index contributed by atoms with van der Waals surface area (Å²) in [5.74, 6) is -0.666. The Hall–Kier alpha value is -3.14. The molecule has 2 heterocycles. The van der Waals surface area contributed by atoms with Crippen LogP contribution in [-0.4, -0.2) is 15.7 Å². The van der Waals surface area contributed by atoms with Crippen molar-refractivity contribution in [2.45, 2.75) is 12.8 Å². The fourth-order valence-corrected chi connectivity index (χ4v) is 4.63. The number of aromatic nitrogens is 2. The summed E-state index contributed by atoms with van der Waals surface area (Å²) < 4.78 is 1.78. The lowest BCUT2D eigenvalue weighted by Crippen LogP contribution is -2.10. The van der Waals surface area contributed by atoms with E-state index >= 15 is 0 Å². The minimum Gasteiger partial charge on any atom is -0.321 e. The van der Waals surface area contributed by atoms with Crippen LogP contribution < -0.4 is 5.32 Å². The number of thiophene rings is 1. The first-order valence-corrected chi connectivity index (χ1v) is 10.2. The molecule has 0 bridgehead atoms. The highest BCUT2D eigenvalue weighted by Gasteiger charge is 2.18. The monoisotopic (exact) mass is 420 g/mol. The number of carbonyl (C=O) groups is 1. The highest BCUT2D eigenvalue weighted by atomic mass is 35.5. The molecule has 7 heteroatoms. The number of nitriles is 1. The van der Waals surface area contributed by atoms with Gasteiger partial charge in [0.15, 0.2) is 0 Å². The summed E-state index contributed by atoms with van der Waals surface area (Å²) >= 11 is 7.86. The van der Waals surface area contributed by atoms with Gasteiger partial charge in [-0.25, -0.2) is 0 Å². The summed E-state index contributed by atoms with van der Waals surface area (Å²) in [6.07, 6.45) is 0. The van der Waals surface area contributed by atoms with E-state index < -0.39 is 5.92 Å². The molecule has 0 fully saturated rings. The van der Waals surface area contributed by atoms with Crippen LogP contribution in [0.4, 0.5) is 5.69 Å². The summed E-state index contributed by atoms with van der Waals surface area (Å²) in [6.45, 7) is 1.92. The quantitative estimate of drug-likeness (QED) is 0.473. The number of nitrogens with zero attached hydrogens (tertiary/aromatic N) is 3. The second-order valence-electron chi connectivity index (χ2n) is 6.70. The van der Waals surface area contributed by atoms with Crippen LogP contribution in [0.25, 0.3) is 10.2 Å². The molecule has 4 rings (SSSR count). The van der Waals surface area contributed by atoms with Crippen LogP contribution in [0.15, 0.2) is 54.6 Å². The van der Waals surface area contributed by atoms with Crippen molar-refractivity contribution < 1.29 is 4.79 Å². The van der Waals surface area contributed by atoms with Gasteiger partial charge in [-0.2, -0.15) is 10.4 Å². The van der Waals surface area contributed by atoms with Crippen molar-refractivity contribution in [1.29, 1.82) is 5.26 Å². The van der Waals surface area contributed by atoms with Crippen molar-refractivity contribution in [3.8, 4) is 6.07 Å². The Bertz CT molecular complexity index is 1220. The number of carbonyl (C=O) groups excluding carboxylic acids is 1. The van der Waals surface area contributed by atoms with Crippen LogP contribution in [0.2, 0.25) is 5.02 Å². The summed E-state index contributed by atoms with van der Waals surface area (Å²) in [6, 6.07) is 18.9. The van der Waals surface area contributed by atoms with Crippen LogP contribution in [0.5, 0.6) is 0 Å². The number of amides is 1. The van der Waals surface area contributed by atoms with E-state index in [1.54, 1.807) is 22.9 Å². The molecule has 0 spiro atoms. The molecule has 2 aromatic carbocycles. The number of anilines is 1. The maximum Gasteiger partial charge on any atom is 0.265 e. The van der Waals surface area contributed by atoms with E-state index in [1.165, 1.54) is 11.3 Å². The van der Waals surface area contributed by atoms with Gasteiger partial charge in [-0.1, -0.05) is 48.0 Å². The predicted molar refractivity (Wildman–Crippen MR) is 117 cm³/mol. The number of fused-ring (bicyclic) bond motifs is 1. The van der Waals surface area contributed by atoms with Crippen LogP contribution in [0, 0.1) is 18.3 Å². The summed E-state index contributed by atoms with van der Waals surface area (Å²) in [5, 5.41) is 18.3. The first-order chi connectivity index (χ1) is 14.0. The van der Waals surface area contributed by atoms with Gasteiger partial charge in [0, 0.05) is 23.1 Å². The second-order valence-corrected chi connectivity index (χ2v) is 8.14. The van der Waals surface area contributed by atoms with Gasteiger partial charge >= 0.3 is 0 Å². The van der Waals surface area contributed by atoms with E-state index in [0.29, 0.717) is 21.2 Å². The number of hydrogen-bond acceptors (Lipinski definition) is 4. The van der Waals surface area contributed by atoms with Gasteiger partial charge in [0.1, 0.15) is 4.83 Å². The number of halogens is 1. The Balaban J connectivity index is 1.58. The first kappa shape index (κ1) is 19.2. The molecule has 144 valence electrons.